The van der Waals surface area contributed by atoms with Crippen LogP contribution in [0, 0.1) is 6.92 Å². The Balaban J connectivity index is 1.89. The Labute approximate surface area is 143 Å². The first-order valence-corrected chi connectivity index (χ1v) is 8.10. The molecule has 2 rings (SSSR count). The van der Waals surface area contributed by atoms with Crippen LogP contribution in [0.4, 0.5) is 16.2 Å². The minimum Gasteiger partial charge on any atom is -0.387 e. The Hall–Kier alpha value is -2.53. The second-order valence-electron chi connectivity index (χ2n) is 5.83. The molecule has 128 valence electrons. The van der Waals surface area contributed by atoms with Gasteiger partial charge in [0.05, 0.1) is 6.10 Å². The van der Waals surface area contributed by atoms with Gasteiger partial charge in [0.2, 0.25) is 0 Å². The van der Waals surface area contributed by atoms with Crippen molar-refractivity contribution in [2.24, 2.45) is 0 Å². The number of rotatable bonds is 6. The molecule has 0 fully saturated rings. The molecule has 0 bridgehead atoms. The van der Waals surface area contributed by atoms with Crippen molar-refractivity contribution in [2.45, 2.75) is 20.0 Å². The summed E-state index contributed by atoms with van der Waals surface area (Å²) in [6.45, 7) is 5.08. The quantitative estimate of drug-likeness (QED) is 0.763. The monoisotopic (exact) mass is 327 g/mol. The van der Waals surface area contributed by atoms with E-state index in [-0.39, 0.29) is 12.6 Å². The molecule has 0 spiro atoms. The molecule has 0 heterocycles. The number of carbonyl (C=O) groups excluding carboxylic acids is 1. The predicted octanol–water partition coefficient (Wildman–Crippen LogP) is 3.31. The van der Waals surface area contributed by atoms with Crippen molar-refractivity contribution >= 4 is 17.4 Å². The molecule has 2 aromatic carbocycles. The molecule has 0 saturated heterocycles. The molecule has 0 radical (unpaired) electrons. The van der Waals surface area contributed by atoms with Crippen LogP contribution in [0.1, 0.15) is 24.2 Å². The van der Waals surface area contributed by atoms with Crippen molar-refractivity contribution in [3.8, 4) is 0 Å². The predicted molar refractivity (Wildman–Crippen MR) is 98.5 cm³/mol. The maximum atomic E-state index is 12.0. The number of amides is 2. The van der Waals surface area contributed by atoms with Gasteiger partial charge >= 0.3 is 6.03 Å². The Morgan fingerprint density at radius 2 is 1.96 bits per heavy atom. The van der Waals surface area contributed by atoms with E-state index in [1.807, 2.05) is 62.5 Å². The summed E-state index contributed by atoms with van der Waals surface area (Å²) in [5, 5.41) is 15.6. The second-order valence-corrected chi connectivity index (χ2v) is 5.83. The van der Waals surface area contributed by atoms with E-state index in [0.29, 0.717) is 0 Å². The van der Waals surface area contributed by atoms with Crippen molar-refractivity contribution in [3.63, 3.8) is 0 Å². The van der Waals surface area contributed by atoms with Crippen molar-refractivity contribution in [1.29, 1.82) is 0 Å². The SMILES string of the molecule is CCN(C)c1cccc(NC(=O)NCC(O)c2cccc(C)c2)c1. The molecule has 5 nitrogen and oxygen atoms in total. The highest BCUT2D eigenvalue weighted by atomic mass is 16.3. The van der Waals surface area contributed by atoms with Gasteiger partial charge in [0.25, 0.3) is 0 Å². The lowest BCUT2D eigenvalue weighted by Crippen LogP contribution is -2.32. The molecule has 0 aliphatic rings. The summed E-state index contributed by atoms with van der Waals surface area (Å²) in [6.07, 6.45) is -0.729. The summed E-state index contributed by atoms with van der Waals surface area (Å²) in [4.78, 5) is 14.1. The summed E-state index contributed by atoms with van der Waals surface area (Å²) in [7, 11) is 2.00. The van der Waals surface area contributed by atoms with Crippen LogP contribution in [0.2, 0.25) is 0 Å². The van der Waals surface area contributed by atoms with Gasteiger partial charge < -0.3 is 20.6 Å². The molecular formula is C19H25N3O2. The summed E-state index contributed by atoms with van der Waals surface area (Å²) in [6, 6.07) is 14.9. The molecular weight excluding hydrogens is 302 g/mol. The van der Waals surface area contributed by atoms with Crippen molar-refractivity contribution in [3.05, 3.63) is 59.7 Å². The maximum Gasteiger partial charge on any atom is 0.319 e. The number of carbonyl (C=O) groups is 1. The van der Waals surface area contributed by atoms with Gasteiger partial charge in [-0.25, -0.2) is 4.79 Å². The number of nitrogens with zero attached hydrogens (tertiary/aromatic N) is 1. The van der Waals surface area contributed by atoms with E-state index in [0.717, 1.165) is 29.0 Å². The van der Waals surface area contributed by atoms with E-state index in [1.165, 1.54) is 0 Å². The van der Waals surface area contributed by atoms with E-state index in [4.69, 9.17) is 0 Å². The minimum absolute atomic E-state index is 0.157. The van der Waals surface area contributed by atoms with Crippen molar-refractivity contribution in [1.82, 2.24) is 5.32 Å². The van der Waals surface area contributed by atoms with E-state index in [1.54, 1.807) is 0 Å². The molecule has 0 aromatic heterocycles. The van der Waals surface area contributed by atoms with E-state index < -0.39 is 6.10 Å². The van der Waals surface area contributed by atoms with Crippen LogP contribution in [0.5, 0.6) is 0 Å². The lowest BCUT2D eigenvalue weighted by molar-refractivity contribution is 0.175. The highest BCUT2D eigenvalue weighted by molar-refractivity contribution is 5.89. The first kappa shape index (κ1) is 17.8. The molecule has 3 N–H and O–H groups in total. The molecule has 0 aliphatic carbocycles. The molecule has 24 heavy (non-hydrogen) atoms. The van der Waals surface area contributed by atoms with E-state index >= 15 is 0 Å². The van der Waals surface area contributed by atoms with Gasteiger partial charge in [-0.2, -0.15) is 0 Å². The van der Waals surface area contributed by atoms with Crippen molar-refractivity contribution < 1.29 is 9.90 Å². The number of hydrogen-bond acceptors (Lipinski definition) is 3. The number of urea groups is 1. The van der Waals surface area contributed by atoms with Gasteiger partial charge in [0, 0.05) is 31.5 Å². The number of aliphatic hydroxyl groups is 1. The zero-order valence-electron chi connectivity index (χ0n) is 14.4. The fraction of sp³-hybridized carbons (Fsp3) is 0.316. The van der Waals surface area contributed by atoms with Crippen LogP contribution in [0.25, 0.3) is 0 Å². The minimum atomic E-state index is -0.729. The fourth-order valence-electron chi connectivity index (χ4n) is 2.36. The normalized spacial score (nSPS) is 11.7. The standard InChI is InChI=1S/C19H25N3O2/c1-4-22(3)17-10-6-9-16(12-17)21-19(24)20-13-18(23)15-8-5-7-14(2)11-15/h5-12,18,23H,4,13H2,1-3H3,(H2,20,21,24). The smallest absolute Gasteiger partial charge is 0.319 e. The third-order valence-electron chi connectivity index (χ3n) is 3.90. The molecule has 0 aliphatic heterocycles. The lowest BCUT2D eigenvalue weighted by atomic mass is 10.1. The second kappa shape index (κ2) is 8.36. The number of benzene rings is 2. The Morgan fingerprint density at radius 3 is 2.67 bits per heavy atom. The fourth-order valence-corrected chi connectivity index (χ4v) is 2.36. The van der Waals surface area contributed by atoms with Crippen LogP contribution in [-0.4, -0.2) is 31.3 Å². The van der Waals surface area contributed by atoms with Crippen LogP contribution >= 0.6 is 0 Å². The zero-order valence-corrected chi connectivity index (χ0v) is 14.4. The molecule has 2 amide bonds. The maximum absolute atomic E-state index is 12.0. The highest BCUT2D eigenvalue weighted by Gasteiger charge is 2.10. The Bertz CT molecular complexity index is 688. The van der Waals surface area contributed by atoms with Crippen LogP contribution in [-0.2, 0) is 0 Å². The van der Waals surface area contributed by atoms with Gasteiger partial charge in [-0.3, -0.25) is 0 Å². The number of hydrogen-bond donors (Lipinski definition) is 3. The summed E-state index contributed by atoms with van der Waals surface area (Å²) < 4.78 is 0. The number of aryl methyl sites for hydroxylation is 1. The summed E-state index contributed by atoms with van der Waals surface area (Å²) >= 11 is 0. The Kier molecular flexibility index (Phi) is 6.21. The van der Waals surface area contributed by atoms with E-state index in [2.05, 4.69) is 22.5 Å². The average Bonchev–Trinajstić information content (AvgIpc) is 2.59. The van der Waals surface area contributed by atoms with Gasteiger partial charge in [-0.15, -0.1) is 0 Å². The molecule has 1 unspecified atom stereocenters. The number of nitrogens with one attached hydrogen (secondary N) is 2. The lowest BCUT2D eigenvalue weighted by Gasteiger charge is -2.18. The van der Waals surface area contributed by atoms with Crippen LogP contribution in [0.15, 0.2) is 48.5 Å². The molecule has 2 aromatic rings. The van der Waals surface area contributed by atoms with Gasteiger partial charge in [0.15, 0.2) is 0 Å². The van der Waals surface area contributed by atoms with Gasteiger partial charge in [-0.1, -0.05) is 35.9 Å². The molecule has 5 heteroatoms. The van der Waals surface area contributed by atoms with E-state index in [9.17, 15) is 9.90 Å². The van der Waals surface area contributed by atoms with Gasteiger partial charge in [0.1, 0.15) is 0 Å². The third-order valence-corrected chi connectivity index (χ3v) is 3.90. The first-order chi connectivity index (χ1) is 11.5. The highest BCUT2D eigenvalue weighted by Crippen LogP contribution is 2.18. The summed E-state index contributed by atoms with van der Waals surface area (Å²) in [5.74, 6) is 0. The van der Waals surface area contributed by atoms with Crippen molar-refractivity contribution in [2.75, 3.05) is 30.4 Å². The molecule has 0 saturated carbocycles. The van der Waals surface area contributed by atoms with Gasteiger partial charge in [-0.05, 0) is 37.6 Å². The summed E-state index contributed by atoms with van der Waals surface area (Å²) in [5.41, 5.74) is 3.63. The number of aliphatic hydroxyl groups excluding tert-OH is 1. The third kappa shape index (κ3) is 4.99. The largest absolute Gasteiger partial charge is 0.387 e. The number of anilines is 2. The van der Waals surface area contributed by atoms with Crippen LogP contribution < -0.4 is 15.5 Å². The zero-order chi connectivity index (χ0) is 17.5. The first-order valence-electron chi connectivity index (χ1n) is 8.10. The van der Waals surface area contributed by atoms with Crippen LogP contribution in [0.3, 0.4) is 0 Å². The molecule has 1 atom stereocenters. The average molecular weight is 327 g/mol. The topological polar surface area (TPSA) is 64.6 Å². The Morgan fingerprint density at radius 1 is 1.21 bits per heavy atom.